The SMILES string of the molecule is C[C@H](CNC(=O)C1CCCCC1)N1Cc2cc(Oc3ccccc3)ccc2N=C1N. The minimum atomic E-state index is 0.0492. The molecule has 6 nitrogen and oxygen atoms in total. The van der Waals surface area contributed by atoms with Gasteiger partial charge in [0, 0.05) is 30.6 Å². The largest absolute Gasteiger partial charge is 0.457 e. The summed E-state index contributed by atoms with van der Waals surface area (Å²) < 4.78 is 5.96. The highest BCUT2D eigenvalue weighted by molar-refractivity contribution is 5.84. The lowest BCUT2D eigenvalue weighted by molar-refractivity contribution is -0.126. The molecule has 2 aromatic carbocycles. The first kappa shape index (κ1) is 20.3. The lowest BCUT2D eigenvalue weighted by Crippen LogP contribution is -2.49. The van der Waals surface area contributed by atoms with Gasteiger partial charge >= 0.3 is 0 Å². The molecule has 158 valence electrons. The number of amides is 1. The molecule has 0 radical (unpaired) electrons. The number of ether oxygens (including phenoxy) is 1. The van der Waals surface area contributed by atoms with Gasteiger partial charge in [0.05, 0.1) is 5.69 Å². The molecule has 0 bridgehead atoms. The van der Waals surface area contributed by atoms with E-state index in [0.29, 0.717) is 19.0 Å². The van der Waals surface area contributed by atoms with Crippen LogP contribution in [0.3, 0.4) is 0 Å². The van der Waals surface area contributed by atoms with Crippen molar-refractivity contribution in [2.45, 2.75) is 51.6 Å². The molecule has 1 aliphatic heterocycles. The zero-order chi connectivity index (χ0) is 20.9. The summed E-state index contributed by atoms with van der Waals surface area (Å²) in [6.45, 7) is 3.26. The van der Waals surface area contributed by atoms with Crippen molar-refractivity contribution in [3.63, 3.8) is 0 Å². The van der Waals surface area contributed by atoms with Crippen molar-refractivity contribution in [3.05, 3.63) is 54.1 Å². The molecule has 2 aromatic rings. The monoisotopic (exact) mass is 406 g/mol. The van der Waals surface area contributed by atoms with Crippen molar-refractivity contribution in [1.82, 2.24) is 10.2 Å². The summed E-state index contributed by atoms with van der Waals surface area (Å²) in [5, 5.41) is 3.12. The Labute approximate surface area is 178 Å². The van der Waals surface area contributed by atoms with E-state index in [0.717, 1.165) is 48.4 Å². The number of nitrogens with two attached hydrogens (primary N) is 1. The third-order valence-corrected chi connectivity index (χ3v) is 5.98. The number of hydrogen-bond acceptors (Lipinski definition) is 5. The van der Waals surface area contributed by atoms with E-state index in [4.69, 9.17) is 10.5 Å². The van der Waals surface area contributed by atoms with Crippen LogP contribution in [0.25, 0.3) is 0 Å². The van der Waals surface area contributed by atoms with E-state index in [-0.39, 0.29) is 17.9 Å². The third kappa shape index (κ3) is 4.75. The van der Waals surface area contributed by atoms with Crippen molar-refractivity contribution < 1.29 is 9.53 Å². The fourth-order valence-electron chi connectivity index (χ4n) is 4.19. The van der Waals surface area contributed by atoms with E-state index < -0.39 is 0 Å². The van der Waals surface area contributed by atoms with Gasteiger partial charge in [0.15, 0.2) is 5.96 Å². The zero-order valence-electron chi connectivity index (χ0n) is 17.5. The number of guanidine groups is 1. The number of aliphatic imine (C=N–C) groups is 1. The average molecular weight is 407 g/mol. The van der Waals surface area contributed by atoms with Crippen LogP contribution in [-0.4, -0.2) is 29.4 Å². The summed E-state index contributed by atoms with van der Waals surface area (Å²) in [7, 11) is 0. The van der Waals surface area contributed by atoms with Crippen LogP contribution in [0.15, 0.2) is 53.5 Å². The molecule has 1 amide bonds. The van der Waals surface area contributed by atoms with Crippen molar-refractivity contribution >= 4 is 17.6 Å². The number of benzene rings is 2. The lowest BCUT2D eigenvalue weighted by Gasteiger charge is -2.34. The summed E-state index contributed by atoms with van der Waals surface area (Å²) in [5.41, 5.74) is 8.16. The Kier molecular flexibility index (Phi) is 6.21. The van der Waals surface area contributed by atoms with Gasteiger partial charge in [-0.25, -0.2) is 4.99 Å². The van der Waals surface area contributed by atoms with Gasteiger partial charge in [0.2, 0.25) is 5.91 Å². The Balaban J connectivity index is 1.39. The molecule has 2 aliphatic rings. The Morgan fingerprint density at radius 1 is 1.17 bits per heavy atom. The Hall–Kier alpha value is -3.02. The van der Waals surface area contributed by atoms with E-state index in [9.17, 15) is 4.79 Å². The fourth-order valence-corrected chi connectivity index (χ4v) is 4.19. The highest BCUT2D eigenvalue weighted by atomic mass is 16.5. The quantitative estimate of drug-likeness (QED) is 0.748. The van der Waals surface area contributed by atoms with Crippen molar-refractivity contribution in [2.75, 3.05) is 6.54 Å². The predicted octanol–water partition coefficient (Wildman–Crippen LogP) is 4.33. The third-order valence-electron chi connectivity index (χ3n) is 5.98. The molecular formula is C24H30N4O2. The maximum atomic E-state index is 12.5. The van der Waals surface area contributed by atoms with E-state index in [1.807, 2.05) is 53.4 Å². The predicted molar refractivity (Wildman–Crippen MR) is 119 cm³/mol. The number of nitrogens with one attached hydrogen (secondary N) is 1. The van der Waals surface area contributed by atoms with Crippen LogP contribution in [0, 0.1) is 5.92 Å². The van der Waals surface area contributed by atoms with Crippen LogP contribution in [0.5, 0.6) is 11.5 Å². The van der Waals surface area contributed by atoms with E-state index in [1.165, 1.54) is 6.42 Å². The highest BCUT2D eigenvalue weighted by Gasteiger charge is 2.25. The molecule has 3 N–H and O–H groups in total. The number of carbonyl (C=O) groups is 1. The normalized spacial score (nSPS) is 17.6. The maximum absolute atomic E-state index is 12.5. The highest BCUT2D eigenvalue weighted by Crippen LogP contribution is 2.32. The first-order valence-corrected chi connectivity index (χ1v) is 10.8. The Bertz CT molecular complexity index is 907. The molecule has 0 unspecified atom stereocenters. The van der Waals surface area contributed by atoms with Gasteiger partial charge in [-0.1, -0.05) is 37.5 Å². The zero-order valence-corrected chi connectivity index (χ0v) is 17.5. The molecule has 1 saturated carbocycles. The lowest BCUT2D eigenvalue weighted by atomic mass is 9.88. The fraction of sp³-hybridized carbons (Fsp3) is 0.417. The van der Waals surface area contributed by atoms with Crippen LogP contribution in [0.1, 0.15) is 44.6 Å². The van der Waals surface area contributed by atoms with Gasteiger partial charge in [-0.2, -0.15) is 0 Å². The molecule has 1 atom stereocenters. The molecule has 0 aromatic heterocycles. The molecule has 1 aliphatic carbocycles. The summed E-state index contributed by atoms with van der Waals surface area (Å²) in [6.07, 6.45) is 5.57. The topological polar surface area (TPSA) is 80.0 Å². The first-order chi connectivity index (χ1) is 14.6. The molecule has 0 spiro atoms. The molecular weight excluding hydrogens is 376 g/mol. The molecule has 1 fully saturated rings. The molecule has 4 rings (SSSR count). The number of carbonyl (C=O) groups excluding carboxylic acids is 1. The molecule has 30 heavy (non-hydrogen) atoms. The summed E-state index contributed by atoms with van der Waals surface area (Å²) in [6, 6.07) is 15.6. The number of nitrogens with zero attached hydrogens (tertiary/aromatic N) is 2. The summed E-state index contributed by atoms with van der Waals surface area (Å²) in [5.74, 6) is 2.39. The summed E-state index contributed by atoms with van der Waals surface area (Å²) >= 11 is 0. The Morgan fingerprint density at radius 3 is 2.70 bits per heavy atom. The van der Waals surface area contributed by atoms with Crippen LogP contribution in [0.2, 0.25) is 0 Å². The number of hydrogen-bond donors (Lipinski definition) is 2. The first-order valence-electron chi connectivity index (χ1n) is 10.8. The molecule has 1 heterocycles. The average Bonchev–Trinajstić information content (AvgIpc) is 2.78. The van der Waals surface area contributed by atoms with Crippen molar-refractivity contribution in [1.29, 1.82) is 0 Å². The van der Waals surface area contributed by atoms with Crippen LogP contribution >= 0.6 is 0 Å². The van der Waals surface area contributed by atoms with Gasteiger partial charge in [0.1, 0.15) is 11.5 Å². The molecule has 0 saturated heterocycles. The summed E-state index contributed by atoms with van der Waals surface area (Å²) in [4.78, 5) is 19.1. The second kappa shape index (κ2) is 9.20. The van der Waals surface area contributed by atoms with Crippen LogP contribution in [0.4, 0.5) is 5.69 Å². The second-order valence-electron chi connectivity index (χ2n) is 8.23. The number of rotatable bonds is 6. The van der Waals surface area contributed by atoms with Gasteiger partial charge in [-0.05, 0) is 50.1 Å². The van der Waals surface area contributed by atoms with Crippen LogP contribution < -0.4 is 15.8 Å². The smallest absolute Gasteiger partial charge is 0.223 e. The van der Waals surface area contributed by atoms with E-state index in [2.05, 4.69) is 17.2 Å². The molecule has 6 heteroatoms. The number of fused-ring (bicyclic) bond motifs is 1. The van der Waals surface area contributed by atoms with Gasteiger partial charge in [-0.3, -0.25) is 4.79 Å². The van der Waals surface area contributed by atoms with Crippen molar-refractivity contribution in [2.24, 2.45) is 16.6 Å². The van der Waals surface area contributed by atoms with E-state index in [1.54, 1.807) is 0 Å². The van der Waals surface area contributed by atoms with Gasteiger partial charge in [-0.15, -0.1) is 0 Å². The van der Waals surface area contributed by atoms with Crippen molar-refractivity contribution in [3.8, 4) is 11.5 Å². The van der Waals surface area contributed by atoms with E-state index >= 15 is 0 Å². The van der Waals surface area contributed by atoms with Gasteiger partial charge < -0.3 is 20.7 Å². The Morgan fingerprint density at radius 2 is 1.93 bits per heavy atom. The minimum Gasteiger partial charge on any atom is -0.457 e. The number of para-hydroxylation sites is 1. The van der Waals surface area contributed by atoms with Gasteiger partial charge in [0.25, 0.3) is 0 Å². The maximum Gasteiger partial charge on any atom is 0.223 e. The minimum absolute atomic E-state index is 0.0492. The second-order valence-corrected chi connectivity index (χ2v) is 8.23. The van der Waals surface area contributed by atoms with Crippen LogP contribution in [-0.2, 0) is 11.3 Å². The standard InChI is InChI=1S/C24H30N4O2/c1-17(15-26-23(29)18-8-4-2-5-9-18)28-16-19-14-21(12-13-22(19)27-24(28)25)30-20-10-6-3-7-11-20/h3,6-7,10-14,17-18H,2,4-5,8-9,15-16H2,1H3,(H2,25,27)(H,26,29)/t17-/m1/s1.